The quantitative estimate of drug-likeness (QED) is 0.507. The normalized spacial score (nSPS) is 16.8. The van der Waals surface area contributed by atoms with E-state index in [1.54, 1.807) is 0 Å². The number of H-pyrrole nitrogens is 2. The Labute approximate surface area is 160 Å². The summed E-state index contributed by atoms with van der Waals surface area (Å²) >= 11 is 0. The molecule has 4 aromatic rings. The van der Waals surface area contributed by atoms with Crippen LogP contribution in [0.1, 0.15) is 12.8 Å². The zero-order valence-corrected chi connectivity index (χ0v) is 15.2. The number of para-hydroxylation sites is 1. The first-order valence-electron chi connectivity index (χ1n) is 9.34. The van der Waals surface area contributed by atoms with Crippen LogP contribution in [0.25, 0.3) is 33.3 Å². The van der Waals surface area contributed by atoms with Crippen molar-refractivity contribution in [3.8, 4) is 17.1 Å². The standard InChI is InChI=1S/C21H20N4O3/c22-19-14-5-1-2-6-15(14)25-21(26)18(19)20-23-16-8-7-12(10-17(16)24-20)28-11-13-4-3-9-27-13/h1-2,5-8,10,13H,3-4,9,11H2,(H,23,24)(H3,22,25,26). The number of nitrogens with zero attached hydrogens (tertiary/aromatic N) is 1. The number of benzene rings is 2. The van der Waals surface area contributed by atoms with E-state index in [4.69, 9.17) is 15.2 Å². The van der Waals surface area contributed by atoms with Crippen molar-refractivity contribution >= 4 is 27.6 Å². The Hall–Kier alpha value is -3.32. The molecular formula is C21H20N4O3. The Morgan fingerprint density at radius 2 is 2.07 bits per heavy atom. The summed E-state index contributed by atoms with van der Waals surface area (Å²) in [6, 6.07) is 13.1. The summed E-state index contributed by atoms with van der Waals surface area (Å²) in [6.45, 7) is 1.34. The Morgan fingerprint density at radius 1 is 1.18 bits per heavy atom. The molecule has 1 atom stereocenters. The van der Waals surface area contributed by atoms with E-state index >= 15 is 0 Å². The van der Waals surface area contributed by atoms with Gasteiger partial charge in [0.1, 0.15) is 23.7 Å². The molecule has 1 aliphatic rings. The van der Waals surface area contributed by atoms with Crippen molar-refractivity contribution in [3.05, 3.63) is 52.8 Å². The summed E-state index contributed by atoms with van der Waals surface area (Å²) in [5.74, 6) is 1.18. The minimum Gasteiger partial charge on any atom is -0.491 e. The van der Waals surface area contributed by atoms with E-state index in [1.165, 1.54) is 0 Å². The summed E-state index contributed by atoms with van der Waals surface area (Å²) in [5, 5.41) is 0.790. The number of hydrogen-bond acceptors (Lipinski definition) is 5. The molecular weight excluding hydrogens is 356 g/mol. The van der Waals surface area contributed by atoms with Gasteiger partial charge in [0.05, 0.1) is 28.3 Å². The molecule has 2 aromatic carbocycles. The van der Waals surface area contributed by atoms with Crippen LogP contribution < -0.4 is 16.0 Å². The minimum absolute atomic E-state index is 0.156. The van der Waals surface area contributed by atoms with Crippen LogP contribution in [0.5, 0.6) is 5.75 Å². The first-order chi connectivity index (χ1) is 13.7. The molecule has 0 spiro atoms. The average molecular weight is 376 g/mol. The number of aromatic nitrogens is 3. The zero-order valence-electron chi connectivity index (χ0n) is 15.2. The molecule has 1 saturated heterocycles. The summed E-state index contributed by atoms with van der Waals surface area (Å²) < 4.78 is 11.4. The predicted molar refractivity (Wildman–Crippen MR) is 109 cm³/mol. The monoisotopic (exact) mass is 376 g/mol. The van der Waals surface area contributed by atoms with Gasteiger partial charge in [0.2, 0.25) is 0 Å². The fourth-order valence-electron chi connectivity index (χ4n) is 3.67. The van der Waals surface area contributed by atoms with Gasteiger partial charge in [-0.05, 0) is 31.0 Å². The third-order valence-electron chi connectivity index (χ3n) is 5.11. The van der Waals surface area contributed by atoms with Gasteiger partial charge >= 0.3 is 0 Å². The highest BCUT2D eigenvalue weighted by Gasteiger charge is 2.18. The summed E-state index contributed by atoms with van der Waals surface area (Å²) in [7, 11) is 0. The van der Waals surface area contributed by atoms with Crippen molar-refractivity contribution in [2.24, 2.45) is 0 Å². The lowest BCUT2D eigenvalue weighted by Crippen LogP contribution is -2.16. The molecule has 0 radical (unpaired) electrons. The summed E-state index contributed by atoms with van der Waals surface area (Å²) in [4.78, 5) is 23.2. The maximum absolute atomic E-state index is 12.6. The van der Waals surface area contributed by atoms with Gasteiger partial charge in [-0.1, -0.05) is 18.2 Å². The third kappa shape index (κ3) is 2.90. The fraction of sp³-hybridized carbons (Fsp3) is 0.238. The van der Waals surface area contributed by atoms with Gasteiger partial charge in [-0.2, -0.15) is 0 Å². The smallest absolute Gasteiger partial charge is 0.261 e. The van der Waals surface area contributed by atoms with E-state index < -0.39 is 0 Å². The third-order valence-corrected chi connectivity index (χ3v) is 5.11. The number of aromatic amines is 2. The second-order valence-corrected chi connectivity index (χ2v) is 7.00. The molecule has 7 nitrogen and oxygen atoms in total. The highest BCUT2D eigenvalue weighted by atomic mass is 16.5. The second-order valence-electron chi connectivity index (χ2n) is 7.00. The molecule has 4 N–H and O–H groups in total. The van der Waals surface area contributed by atoms with Crippen molar-refractivity contribution < 1.29 is 9.47 Å². The Balaban J connectivity index is 1.51. The van der Waals surface area contributed by atoms with Crippen LogP contribution in [0.3, 0.4) is 0 Å². The van der Waals surface area contributed by atoms with Gasteiger partial charge in [-0.15, -0.1) is 0 Å². The summed E-state index contributed by atoms with van der Waals surface area (Å²) in [5.41, 5.74) is 9.01. The molecule has 1 aliphatic heterocycles. The molecule has 3 heterocycles. The first-order valence-corrected chi connectivity index (χ1v) is 9.34. The zero-order chi connectivity index (χ0) is 19.1. The fourth-order valence-corrected chi connectivity index (χ4v) is 3.67. The molecule has 2 aromatic heterocycles. The molecule has 1 fully saturated rings. The molecule has 0 amide bonds. The number of nitrogens with two attached hydrogens (primary N) is 1. The Kier molecular flexibility index (Phi) is 4.02. The molecule has 1 unspecified atom stereocenters. The van der Waals surface area contributed by atoms with Gasteiger partial charge in [0, 0.05) is 18.1 Å². The highest BCUT2D eigenvalue weighted by Crippen LogP contribution is 2.29. The lowest BCUT2D eigenvalue weighted by atomic mass is 10.1. The average Bonchev–Trinajstić information content (AvgIpc) is 3.35. The van der Waals surface area contributed by atoms with Crippen molar-refractivity contribution in [1.82, 2.24) is 15.0 Å². The van der Waals surface area contributed by atoms with Crippen LogP contribution in [-0.4, -0.2) is 34.3 Å². The number of pyridine rings is 1. The van der Waals surface area contributed by atoms with Gasteiger partial charge in [0.25, 0.3) is 5.56 Å². The lowest BCUT2D eigenvalue weighted by Gasteiger charge is -2.11. The summed E-state index contributed by atoms with van der Waals surface area (Å²) in [6.07, 6.45) is 2.27. The van der Waals surface area contributed by atoms with Crippen LogP contribution in [0.4, 0.5) is 5.69 Å². The molecule has 142 valence electrons. The van der Waals surface area contributed by atoms with Crippen molar-refractivity contribution in [2.75, 3.05) is 18.9 Å². The van der Waals surface area contributed by atoms with Crippen LogP contribution in [0, 0.1) is 0 Å². The molecule has 7 heteroatoms. The largest absolute Gasteiger partial charge is 0.491 e. The number of imidazole rings is 1. The van der Waals surface area contributed by atoms with E-state index in [0.29, 0.717) is 29.2 Å². The van der Waals surface area contributed by atoms with E-state index in [1.807, 2.05) is 42.5 Å². The number of nitrogen functional groups attached to an aromatic ring is 1. The number of nitrogens with one attached hydrogen (secondary N) is 2. The van der Waals surface area contributed by atoms with Crippen molar-refractivity contribution in [3.63, 3.8) is 0 Å². The topological polar surface area (TPSA) is 106 Å². The maximum atomic E-state index is 12.6. The van der Waals surface area contributed by atoms with Crippen LogP contribution in [-0.2, 0) is 4.74 Å². The van der Waals surface area contributed by atoms with Gasteiger partial charge in [-0.3, -0.25) is 4.79 Å². The number of anilines is 1. The molecule has 0 bridgehead atoms. The minimum atomic E-state index is -0.273. The molecule has 28 heavy (non-hydrogen) atoms. The highest BCUT2D eigenvalue weighted by molar-refractivity contribution is 5.97. The number of fused-ring (bicyclic) bond motifs is 2. The van der Waals surface area contributed by atoms with Crippen LogP contribution in [0.15, 0.2) is 47.3 Å². The van der Waals surface area contributed by atoms with E-state index in [9.17, 15) is 4.79 Å². The molecule has 0 aliphatic carbocycles. The van der Waals surface area contributed by atoms with Gasteiger partial charge in [0.15, 0.2) is 0 Å². The van der Waals surface area contributed by atoms with E-state index in [-0.39, 0.29) is 11.7 Å². The van der Waals surface area contributed by atoms with Crippen LogP contribution >= 0.6 is 0 Å². The lowest BCUT2D eigenvalue weighted by molar-refractivity contribution is 0.0680. The van der Waals surface area contributed by atoms with Gasteiger partial charge in [-0.25, -0.2) is 4.98 Å². The predicted octanol–water partition coefficient (Wildman–Crippen LogP) is 3.21. The van der Waals surface area contributed by atoms with Crippen molar-refractivity contribution in [1.29, 1.82) is 0 Å². The van der Waals surface area contributed by atoms with E-state index in [0.717, 1.165) is 41.6 Å². The molecule has 5 rings (SSSR count). The number of rotatable bonds is 4. The van der Waals surface area contributed by atoms with Crippen LogP contribution in [0.2, 0.25) is 0 Å². The molecule has 0 saturated carbocycles. The first kappa shape index (κ1) is 16.8. The number of ether oxygens (including phenoxy) is 2. The van der Waals surface area contributed by atoms with Gasteiger partial charge < -0.3 is 25.2 Å². The Morgan fingerprint density at radius 3 is 2.93 bits per heavy atom. The second kappa shape index (κ2) is 6.69. The van der Waals surface area contributed by atoms with E-state index in [2.05, 4.69) is 15.0 Å². The Bertz CT molecular complexity index is 1220. The SMILES string of the molecule is Nc1c(-c2nc3ccc(OCC4CCCO4)cc3[nH]2)c(=O)[nH]c2ccccc12. The number of hydrogen-bond donors (Lipinski definition) is 3. The maximum Gasteiger partial charge on any atom is 0.261 e. The van der Waals surface area contributed by atoms with Crippen molar-refractivity contribution in [2.45, 2.75) is 18.9 Å².